The molecule has 0 saturated carbocycles. The fourth-order valence-electron chi connectivity index (χ4n) is 7.01. The van der Waals surface area contributed by atoms with Crippen molar-refractivity contribution in [3.05, 3.63) is 194 Å². The van der Waals surface area contributed by atoms with Crippen molar-refractivity contribution in [3.8, 4) is 0 Å². The van der Waals surface area contributed by atoms with Crippen LogP contribution in [-0.4, -0.2) is 34.5 Å². The van der Waals surface area contributed by atoms with Crippen LogP contribution in [0.3, 0.4) is 0 Å². The van der Waals surface area contributed by atoms with Crippen LogP contribution in [0.2, 0.25) is 0 Å². The van der Waals surface area contributed by atoms with Crippen molar-refractivity contribution in [1.82, 2.24) is 0 Å². The Hall–Kier alpha value is -3.69. The molecule has 6 rings (SSSR count). The molecule has 0 aliphatic carbocycles. The molecule has 0 bridgehead atoms. The summed E-state index contributed by atoms with van der Waals surface area (Å²) in [6, 6.07) is 64.3. The molecule has 6 aromatic rings. The Labute approximate surface area is 356 Å². The topological polar surface area (TPSA) is 142 Å². The molecule has 0 aliphatic heterocycles. The van der Waals surface area contributed by atoms with Crippen molar-refractivity contribution < 1.29 is 36.3 Å². The summed E-state index contributed by atoms with van der Waals surface area (Å²) in [7, 11) is 6.14. The van der Waals surface area contributed by atoms with Gasteiger partial charge in [0.15, 0.2) is 0 Å². The van der Waals surface area contributed by atoms with Crippen LogP contribution in [0.1, 0.15) is 38.5 Å². The van der Waals surface area contributed by atoms with E-state index in [9.17, 15) is 9.59 Å². The summed E-state index contributed by atoms with van der Waals surface area (Å²) in [6.45, 7) is 0. The monoisotopic (exact) mass is 1020 g/mol. The Morgan fingerprint density at radius 1 is 0.386 bits per heavy atom. The molecule has 0 fully saturated rings. The molecule has 0 spiro atoms. The summed E-state index contributed by atoms with van der Waals surface area (Å²) in [5, 5.41) is 26.1. The van der Waals surface area contributed by atoms with Crippen LogP contribution in [0.15, 0.2) is 182 Å². The zero-order valence-electron chi connectivity index (χ0n) is 31.8. The predicted molar refractivity (Wildman–Crippen MR) is 245 cm³/mol. The Kier molecular flexibility index (Phi) is 23.5. The van der Waals surface area contributed by atoms with Crippen molar-refractivity contribution in [1.29, 1.82) is 0 Å². The average Bonchev–Trinajstić information content (AvgIpc) is 3.23. The first kappa shape index (κ1) is 49.5. The molecular weight excluding hydrogens is 972 g/mol. The third-order valence-corrected chi connectivity index (χ3v) is 18.5. The molecule has 0 saturated heterocycles. The fourth-order valence-corrected chi connectivity index (χ4v) is 15.8. The summed E-state index contributed by atoms with van der Waals surface area (Å²) >= 11 is -0.472. The van der Waals surface area contributed by atoms with Crippen molar-refractivity contribution in [2.24, 2.45) is 0 Å². The number of hydrogen-bond acceptors (Lipinski definition) is 2. The fraction of sp³-hybridized carbons (Fsp3) is 0.174. The standard InChI is InChI=1S/2C23H23O2P.2ClH.2H2N.Pt/c2*24-23(25)18-10-11-19-26(20-12-4-1-5-13-20,21-14-6-2-7-15-21)22-16-8-3-9-17-22;;;;;/h2*1-9,12-17H,10-11,18-19H2;2*1H;2*1H2;/q;;;;2*-1;+4. The van der Waals surface area contributed by atoms with E-state index in [2.05, 4.69) is 182 Å². The molecule has 11 heteroatoms. The van der Waals surface area contributed by atoms with Gasteiger partial charge >= 0.3 is 47.3 Å². The van der Waals surface area contributed by atoms with E-state index in [1.165, 1.54) is 31.8 Å². The third-order valence-electron chi connectivity index (χ3n) is 9.45. The van der Waals surface area contributed by atoms with Crippen LogP contribution in [0.25, 0.3) is 12.3 Å². The Morgan fingerprint density at radius 3 is 0.719 bits per heavy atom. The van der Waals surface area contributed by atoms with E-state index in [0.29, 0.717) is 12.8 Å². The largest absolute Gasteiger partial charge is 0.693 e. The Bertz CT molecular complexity index is 1630. The van der Waals surface area contributed by atoms with Crippen LogP contribution in [0.5, 0.6) is 0 Å². The second-order valence-electron chi connectivity index (χ2n) is 12.8. The van der Waals surface area contributed by atoms with Gasteiger partial charge in [-0.25, -0.2) is 0 Å². The normalized spacial score (nSPS) is 10.6. The molecule has 0 aliphatic rings. The van der Waals surface area contributed by atoms with Crippen molar-refractivity contribution in [2.75, 3.05) is 12.3 Å². The summed E-state index contributed by atoms with van der Waals surface area (Å²) in [5.41, 5.74) is 0. The van der Waals surface area contributed by atoms with E-state index in [0.717, 1.165) is 25.2 Å². The molecule has 0 atom stereocenters. The second-order valence-corrected chi connectivity index (χ2v) is 23.3. The molecule has 0 amide bonds. The van der Waals surface area contributed by atoms with E-state index in [4.69, 9.17) is 29.0 Å². The van der Waals surface area contributed by atoms with Crippen molar-refractivity contribution in [3.63, 3.8) is 0 Å². The number of benzene rings is 6. The van der Waals surface area contributed by atoms with Gasteiger partial charge in [0.05, 0.1) is 12.3 Å². The Balaban J connectivity index is 0.000000356. The molecule has 0 aromatic heterocycles. The number of carbonyl (C=O) groups is 2. The quantitative estimate of drug-likeness (QED) is 0.0735. The first-order valence-electron chi connectivity index (χ1n) is 18.2. The summed E-state index contributed by atoms with van der Waals surface area (Å²) in [6.07, 6.45) is 5.66. The van der Waals surface area contributed by atoms with Crippen LogP contribution in [0, 0.1) is 0 Å². The van der Waals surface area contributed by atoms with Crippen LogP contribution < -0.4 is 31.8 Å². The van der Waals surface area contributed by atoms with Crippen molar-refractivity contribution in [2.45, 2.75) is 38.5 Å². The minimum atomic E-state index is -1.81. The number of carboxylic acids is 2. The number of carboxylic acid groups (broad SMARTS) is 2. The van der Waals surface area contributed by atoms with E-state index in [1.807, 2.05) is 0 Å². The third kappa shape index (κ3) is 14.3. The van der Waals surface area contributed by atoms with Gasteiger partial charge in [-0.3, -0.25) is 9.59 Å². The first-order chi connectivity index (χ1) is 26.9. The van der Waals surface area contributed by atoms with Gasteiger partial charge in [-0.15, -0.1) is 0 Å². The zero-order valence-corrected chi connectivity index (χ0v) is 37.4. The number of unbranched alkanes of at least 4 members (excludes halogenated alkanes) is 2. The number of rotatable bonds is 16. The number of hydrogen-bond donors (Lipinski definition) is 2. The molecule has 0 radical (unpaired) electrons. The smallest absolute Gasteiger partial charge is 0.693 e. The van der Waals surface area contributed by atoms with E-state index in [1.54, 1.807) is 0 Å². The molecule has 6 aromatic carbocycles. The first-order valence-corrected chi connectivity index (χ1v) is 27.8. The van der Waals surface area contributed by atoms with Gasteiger partial charge in [0.25, 0.3) is 0 Å². The van der Waals surface area contributed by atoms with Crippen molar-refractivity contribution >= 4 is 77.1 Å². The van der Waals surface area contributed by atoms with Gasteiger partial charge < -0.3 is 22.5 Å². The van der Waals surface area contributed by atoms with Crippen LogP contribution >= 0.6 is 33.4 Å². The van der Waals surface area contributed by atoms with Crippen LogP contribution in [0.4, 0.5) is 0 Å². The second kappa shape index (κ2) is 27.1. The van der Waals surface area contributed by atoms with Gasteiger partial charge in [0, 0.05) is 12.8 Å². The maximum absolute atomic E-state index is 10.9. The SMILES string of the molecule is O=C(O)CCCC[P+](c1ccccc1)(c1ccccc1)c1ccccc1.O=C(O)CCCC[P+](c1ccccc1)(c1ccccc1)c1ccccc1.[Cl][Pt+2][Cl].[NH2-].[NH2-]. The number of aliphatic carboxylic acids is 2. The minimum absolute atomic E-state index is 0. The molecule has 6 N–H and O–H groups in total. The minimum Gasteiger partial charge on any atom is -0.693 e. The number of halogens is 2. The van der Waals surface area contributed by atoms with E-state index >= 15 is 0 Å². The molecule has 6 nitrogen and oxygen atoms in total. The van der Waals surface area contributed by atoms with E-state index < -0.39 is 42.9 Å². The van der Waals surface area contributed by atoms with Gasteiger partial charge in [0.1, 0.15) is 46.4 Å². The molecular formula is C46H52Cl2N2O4P2Pt+2. The summed E-state index contributed by atoms with van der Waals surface area (Å²) in [5.74, 6) is -1.43. The molecule has 57 heavy (non-hydrogen) atoms. The van der Waals surface area contributed by atoms with Gasteiger partial charge in [-0.05, 0) is 98.5 Å². The summed E-state index contributed by atoms with van der Waals surface area (Å²) in [4.78, 5) is 21.9. The zero-order chi connectivity index (χ0) is 39.2. The van der Waals surface area contributed by atoms with Gasteiger partial charge in [-0.2, -0.15) is 0 Å². The van der Waals surface area contributed by atoms with E-state index in [-0.39, 0.29) is 25.1 Å². The maximum Gasteiger partial charge on any atom is -0.693 e. The number of nitrogens with two attached hydrogens (primary N) is 2. The maximum atomic E-state index is 10.9. The molecule has 0 heterocycles. The van der Waals surface area contributed by atoms with Gasteiger partial charge in [-0.1, -0.05) is 109 Å². The average molecular weight is 1020 g/mol. The van der Waals surface area contributed by atoms with Crippen LogP contribution in [-0.2, 0) is 26.1 Å². The van der Waals surface area contributed by atoms with Gasteiger partial charge in [0.2, 0.25) is 0 Å². The Morgan fingerprint density at radius 2 is 0.561 bits per heavy atom. The summed E-state index contributed by atoms with van der Waals surface area (Å²) < 4.78 is 0. The predicted octanol–water partition coefficient (Wildman–Crippen LogP) is 11.3. The molecule has 302 valence electrons. The molecule has 0 unspecified atom stereocenters.